The number of nitrogens with one attached hydrogen (secondary N) is 1. The Morgan fingerprint density at radius 2 is 1.76 bits per heavy atom. The molecule has 0 unspecified atom stereocenters. The number of nitro groups is 1. The highest BCUT2D eigenvalue weighted by Gasteiger charge is 2.16. The lowest BCUT2D eigenvalue weighted by Gasteiger charge is -2.07. The van der Waals surface area contributed by atoms with Crippen molar-refractivity contribution in [2.24, 2.45) is 0 Å². The number of carbonyl (C=O) groups excluding carboxylic acids is 1. The van der Waals surface area contributed by atoms with Gasteiger partial charge in [-0.05, 0) is 38.1 Å². The van der Waals surface area contributed by atoms with E-state index in [2.05, 4.69) is 5.32 Å². The lowest BCUT2D eigenvalue weighted by atomic mass is 10.1. The fourth-order valence-corrected chi connectivity index (χ4v) is 2.04. The number of amides is 1. The molecule has 6 heteroatoms. The van der Waals surface area contributed by atoms with Gasteiger partial charge in [0, 0.05) is 17.3 Å². The van der Waals surface area contributed by atoms with Gasteiger partial charge in [0.2, 0.25) is 5.82 Å². The molecule has 0 atom stereocenters. The van der Waals surface area contributed by atoms with Crippen LogP contribution in [-0.2, 0) is 0 Å². The molecule has 0 saturated heterocycles. The highest BCUT2D eigenvalue weighted by Crippen LogP contribution is 2.22. The molecule has 1 N–H and O–H groups in total. The van der Waals surface area contributed by atoms with Gasteiger partial charge >= 0.3 is 5.69 Å². The van der Waals surface area contributed by atoms with E-state index in [0.29, 0.717) is 5.56 Å². The van der Waals surface area contributed by atoms with Crippen LogP contribution in [-0.4, -0.2) is 10.8 Å². The zero-order valence-corrected chi connectivity index (χ0v) is 11.5. The molecule has 0 aromatic heterocycles. The minimum Gasteiger partial charge on any atom is -0.322 e. The molecule has 0 aliphatic rings. The number of anilines is 1. The molecule has 0 spiro atoms. The maximum Gasteiger partial charge on any atom is 0.306 e. The highest BCUT2D eigenvalue weighted by atomic mass is 19.1. The number of hydrogen-bond donors (Lipinski definition) is 1. The Bertz CT molecular complexity index is 709. The third-order valence-electron chi connectivity index (χ3n) is 2.88. The summed E-state index contributed by atoms with van der Waals surface area (Å²) < 4.78 is 13.2. The molecule has 0 radical (unpaired) electrons. The van der Waals surface area contributed by atoms with E-state index in [9.17, 15) is 19.3 Å². The van der Waals surface area contributed by atoms with Crippen molar-refractivity contribution in [2.75, 3.05) is 5.32 Å². The predicted molar refractivity (Wildman–Crippen MR) is 76.9 cm³/mol. The quantitative estimate of drug-likeness (QED) is 0.692. The van der Waals surface area contributed by atoms with Gasteiger partial charge < -0.3 is 5.32 Å². The first kappa shape index (κ1) is 14.6. The fraction of sp³-hybridized carbons (Fsp3) is 0.133. The van der Waals surface area contributed by atoms with E-state index in [4.69, 9.17) is 0 Å². The molecular formula is C15H13FN2O3. The van der Waals surface area contributed by atoms with Crippen molar-refractivity contribution in [2.45, 2.75) is 13.8 Å². The summed E-state index contributed by atoms with van der Waals surface area (Å²) in [5, 5.41) is 13.2. The second-order valence-corrected chi connectivity index (χ2v) is 4.75. The summed E-state index contributed by atoms with van der Waals surface area (Å²) in [6.07, 6.45) is 0. The van der Waals surface area contributed by atoms with Crippen LogP contribution >= 0.6 is 0 Å². The molecule has 0 saturated carbocycles. The van der Waals surface area contributed by atoms with Crippen LogP contribution in [0.1, 0.15) is 21.5 Å². The summed E-state index contributed by atoms with van der Waals surface area (Å²) in [5.41, 5.74) is 1.82. The van der Waals surface area contributed by atoms with E-state index in [1.165, 1.54) is 6.07 Å². The number of hydrogen-bond acceptors (Lipinski definition) is 3. The Morgan fingerprint density at radius 1 is 1.14 bits per heavy atom. The topological polar surface area (TPSA) is 72.2 Å². The summed E-state index contributed by atoms with van der Waals surface area (Å²) in [6, 6.07) is 8.58. The van der Waals surface area contributed by atoms with Crippen LogP contribution in [0.3, 0.4) is 0 Å². The first-order valence-electron chi connectivity index (χ1n) is 6.20. The number of rotatable bonds is 3. The van der Waals surface area contributed by atoms with Crippen LogP contribution in [0.15, 0.2) is 36.4 Å². The van der Waals surface area contributed by atoms with Crippen LogP contribution in [0.4, 0.5) is 15.8 Å². The third kappa shape index (κ3) is 3.42. The SMILES string of the molecule is Cc1cc(C)cc(C(=O)Nc2ccc(F)c([N+](=O)[O-])c2)c1. The van der Waals surface area contributed by atoms with Gasteiger partial charge in [-0.15, -0.1) is 0 Å². The summed E-state index contributed by atoms with van der Waals surface area (Å²) >= 11 is 0. The predicted octanol–water partition coefficient (Wildman–Crippen LogP) is 3.60. The lowest BCUT2D eigenvalue weighted by Crippen LogP contribution is -2.12. The summed E-state index contributed by atoms with van der Waals surface area (Å²) in [7, 11) is 0. The van der Waals surface area contributed by atoms with Crippen LogP contribution in [0.25, 0.3) is 0 Å². The maximum absolute atomic E-state index is 13.2. The maximum atomic E-state index is 13.2. The van der Waals surface area contributed by atoms with Crippen molar-refractivity contribution in [3.63, 3.8) is 0 Å². The van der Waals surface area contributed by atoms with Gasteiger partial charge in [0.15, 0.2) is 0 Å². The Morgan fingerprint density at radius 3 is 2.33 bits per heavy atom. The summed E-state index contributed by atoms with van der Waals surface area (Å²) in [4.78, 5) is 22.0. The van der Waals surface area contributed by atoms with Crippen LogP contribution in [0.5, 0.6) is 0 Å². The Balaban J connectivity index is 2.27. The average Bonchev–Trinajstić information content (AvgIpc) is 2.39. The second kappa shape index (κ2) is 5.70. The molecule has 0 bridgehead atoms. The van der Waals surface area contributed by atoms with E-state index in [1.807, 2.05) is 19.9 Å². The minimum absolute atomic E-state index is 0.173. The molecule has 21 heavy (non-hydrogen) atoms. The Hall–Kier alpha value is -2.76. The first-order valence-corrected chi connectivity index (χ1v) is 6.20. The number of nitro benzene ring substituents is 1. The van der Waals surface area contributed by atoms with Gasteiger partial charge in [-0.2, -0.15) is 4.39 Å². The zero-order chi connectivity index (χ0) is 15.6. The average molecular weight is 288 g/mol. The molecule has 0 heterocycles. The molecule has 2 aromatic rings. The van der Waals surface area contributed by atoms with Gasteiger partial charge in [0.1, 0.15) is 0 Å². The third-order valence-corrected chi connectivity index (χ3v) is 2.88. The summed E-state index contributed by atoms with van der Waals surface area (Å²) in [5.74, 6) is -1.34. The lowest BCUT2D eigenvalue weighted by molar-refractivity contribution is -0.387. The van der Waals surface area contributed by atoms with E-state index in [-0.39, 0.29) is 5.69 Å². The van der Waals surface area contributed by atoms with E-state index >= 15 is 0 Å². The van der Waals surface area contributed by atoms with E-state index < -0.39 is 22.3 Å². The molecular weight excluding hydrogens is 275 g/mol. The van der Waals surface area contributed by atoms with Crippen molar-refractivity contribution in [3.8, 4) is 0 Å². The Labute approximate surface area is 120 Å². The second-order valence-electron chi connectivity index (χ2n) is 4.75. The normalized spacial score (nSPS) is 10.2. The van der Waals surface area contributed by atoms with Crippen molar-refractivity contribution in [3.05, 3.63) is 69.0 Å². The number of aryl methyl sites for hydroxylation is 2. The van der Waals surface area contributed by atoms with E-state index in [1.54, 1.807) is 12.1 Å². The summed E-state index contributed by atoms with van der Waals surface area (Å²) in [6.45, 7) is 3.74. The standard InChI is InChI=1S/C15H13FN2O3/c1-9-5-10(2)7-11(6-9)15(19)17-12-3-4-13(16)14(8-12)18(20)21/h3-8H,1-2H3,(H,17,19). The number of carbonyl (C=O) groups is 1. The number of nitrogens with zero attached hydrogens (tertiary/aromatic N) is 1. The van der Waals surface area contributed by atoms with Gasteiger partial charge in [-0.25, -0.2) is 0 Å². The van der Waals surface area contributed by atoms with Gasteiger partial charge in [0.05, 0.1) is 4.92 Å². The number of halogens is 1. The van der Waals surface area contributed by atoms with Crippen molar-refractivity contribution < 1.29 is 14.1 Å². The van der Waals surface area contributed by atoms with Crippen molar-refractivity contribution in [1.29, 1.82) is 0 Å². The van der Waals surface area contributed by atoms with Crippen LogP contribution in [0, 0.1) is 29.8 Å². The smallest absolute Gasteiger partial charge is 0.306 e. The van der Waals surface area contributed by atoms with Crippen molar-refractivity contribution in [1.82, 2.24) is 0 Å². The molecule has 0 fully saturated rings. The molecule has 108 valence electrons. The van der Waals surface area contributed by atoms with Gasteiger partial charge in [0.25, 0.3) is 5.91 Å². The molecule has 2 aromatic carbocycles. The fourth-order valence-electron chi connectivity index (χ4n) is 2.04. The van der Waals surface area contributed by atoms with Gasteiger partial charge in [-0.1, -0.05) is 17.2 Å². The molecule has 1 amide bonds. The zero-order valence-electron chi connectivity index (χ0n) is 11.5. The monoisotopic (exact) mass is 288 g/mol. The Kier molecular flexibility index (Phi) is 3.98. The molecule has 0 aliphatic heterocycles. The molecule has 5 nitrogen and oxygen atoms in total. The van der Waals surface area contributed by atoms with Crippen LogP contribution in [0.2, 0.25) is 0 Å². The van der Waals surface area contributed by atoms with Crippen molar-refractivity contribution >= 4 is 17.3 Å². The molecule has 2 rings (SSSR count). The largest absolute Gasteiger partial charge is 0.322 e. The van der Waals surface area contributed by atoms with E-state index in [0.717, 1.165) is 23.3 Å². The number of benzene rings is 2. The first-order chi connectivity index (χ1) is 9.86. The minimum atomic E-state index is -0.940. The van der Waals surface area contributed by atoms with Gasteiger partial charge in [-0.3, -0.25) is 14.9 Å². The van der Waals surface area contributed by atoms with Crippen LogP contribution < -0.4 is 5.32 Å². The molecule has 0 aliphatic carbocycles. The highest BCUT2D eigenvalue weighted by molar-refractivity contribution is 6.04.